The van der Waals surface area contributed by atoms with Crippen LogP contribution in [0, 0.1) is 5.92 Å². The number of esters is 1. The van der Waals surface area contributed by atoms with Gasteiger partial charge in [0.2, 0.25) is 0 Å². The number of aliphatic carboxylic acids is 1. The molecule has 1 heterocycles. The minimum Gasteiger partial charge on any atom is -0.508 e. The van der Waals surface area contributed by atoms with Crippen molar-refractivity contribution in [1.82, 2.24) is 0 Å². The van der Waals surface area contributed by atoms with Gasteiger partial charge in [-0.25, -0.2) is 0 Å². The number of rotatable bonds is 7. The van der Waals surface area contributed by atoms with Crippen LogP contribution in [-0.2, 0) is 19.2 Å². The number of hydrogen-bond donors (Lipinski definition) is 2. The highest BCUT2D eigenvalue weighted by Crippen LogP contribution is 2.27. The van der Waals surface area contributed by atoms with Crippen LogP contribution in [0.5, 0.6) is 5.75 Å². The van der Waals surface area contributed by atoms with Crippen LogP contribution in [0.2, 0.25) is 0 Å². The van der Waals surface area contributed by atoms with Crippen LogP contribution in [0.3, 0.4) is 0 Å². The smallest absolute Gasteiger partial charge is 0.316 e. The molecule has 0 bridgehead atoms. The summed E-state index contributed by atoms with van der Waals surface area (Å²) in [5, 5.41) is 22.5. The molecule has 0 aromatic heterocycles. The first kappa shape index (κ1) is 16.8. The lowest BCUT2D eigenvalue weighted by molar-refractivity contribution is -0.149. The summed E-state index contributed by atoms with van der Waals surface area (Å²) < 4.78 is 5.03. The third-order valence-corrected chi connectivity index (χ3v) is 3.51. The Labute approximate surface area is 133 Å². The van der Waals surface area contributed by atoms with Crippen molar-refractivity contribution in [3.05, 3.63) is 29.8 Å². The van der Waals surface area contributed by atoms with E-state index in [9.17, 15) is 19.8 Å². The summed E-state index contributed by atoms with van der Waals surface area (Å²) in [5.41, 5.74) is 0.751. The SMILES string of the molecule is CCCCOC(=O)CC1ON=C(c2ccc(O)cc2)C1C(=O)O. The first-order valence-electron chi connectivity index (χ1n) is 7.44. The van der Waals surface area contributed by atoms with Crippen LogP contribution in [-0.4, -0.2) is 40.6 Å². The van der Waals surface area contributed by atoms with Crippen LogP contribution in [0.15, 0.2) is 29.4 Å². The second kappa shape index (κ2) is 7.62. The second-order valence-electron chi connectivity index (χ2n) is 5.26. The molecule has 7 heteroatoms. The van der Waals surface area contributed by atoms with E-state index in [1.807, 2.05) is 6.92 Å². The quantitative estimate of drug-likeness (QED) is 0.587. The van der Waals surface area contributed by atoms with E-state index in [1.165, 1.54) is 12.1 Å². The molecule has 1 aliphatic heterocycles. The lowest BCUT2D eigenvalue weighted by atomic mass is 9.91. The molecule has 23 heavy (non-hydrogen) atoms. The van der Waals surface area contributed by atoms with E-state index >= 15 is 0 Å². The van der Waals surface area contributed by atoms with Crippen molar-refractivity contribution in [3.8, 4) is 5.75 Å². The van der Waals surface area contributed by atoms with Crippen LogP contribution in [0.25, 0.3) is 0 Å². The van der Waals surface area contributed by atoms with Gasteiger partial charge in [0.05, 0.1) is 13.0 Å². The van der Waals surface area contributed by atoms with E-state index < -0.39 is 24.0 Å². The number of benzene rings is 1. The molecule has 0 fully saturated rings. The van der Waals surface area contributed by atoms with E-state index in [1.54, 1.807) is 12.1 Å². The zero-order valence-electron chi connectivity index (χ0n) is 12.8. The Kier molecular flexibility index (Phi) is 5.56. The Hall–Kier alpha value is -2.57. The van der Waals surface area contributed by atoms with Gasteiger partial charge in [-0.05, 0) is 30.7 Å². The van der Waals surface area contributed by atoms with E-state index in [0.717, 1.165) is 12.8 Å². The zero-order valence-corrected chi connectivity index (χ0v) is 12.8. The second-order valence-corrected chi connectivity index (χ2v) is 5.26. The van der Waals surface area contributed by atoms with Gasteiger partial charge < -0.3 is 19.8 Å². The maximum atomic E-state index is 11.8. The summed E-state index contributed by atoms with van der Waals surface area (Å²) in [4.78, 5) is 28.4. The number of hydrogen-bond acceptors (Lipinski definition) is 6. The zero-order chi connectivity index (χ0) is 16.8. The minimum atomic E-state index is -1.12. The maximum absolute atomic E-state index is 11.8. The number of phenolic OH excluding ortho intramolecular Hbond substituents is 1. The Morgan fingerprint density at radius 1 is 1.30 bits per heavy atom. The largest absolute Gasteiger partial charge is 0.508 e. The highest BCUT2D eigenvalue weighted by atomic mass is 16.6. The average molecular weight is 321 g/mol. The van der Waals surface area contributed by atoms with Gasteiger partial charge in [0, 0.05) is 5.56 Å². The van der Waals surface area contributed by atoms with Gasteiger partial charge in [-0.15, -0.1) is 0 Å². The molecule has 1 aromatic rings. The van der Waals surface area contributed by atoms with Crippen LogP contribution in [0.1, 0.15) is 31.7 Å². The predicted octanol–water partition coefficient (Wildman–Crippen LogP) is 1.93. The van der Waals surface area contributed by atoms with Crippen molar-refractivity contribution < 1.29 is 29.4 Å². The maximum Gasteiger partial charge on any atom is 0.316 e. The number of unbranched alkanes of at least 4 members (excludes halogenated alkanes) is 1. The highest BCUT2D eigenvalue weighted by molar-refractivity contribution is 6.12. The Morgan fingerprint density at radius 3 is 2.61 bits per heavy atom. The number of oxime groups is 1. The normalized spacial score (nSPS) is 19.8. The van der Waals surface area contributed by atoms with Gasteiger partial charge in [-0.1, -0.05) is 18.5 Å². The summed E-state index contributed by atoms with van der Waals surface area (Å²) in [6, 6.07) is 5.97. The molecule has 2 unspecified atom stereocenters. The average Bonchev–Trinajstić information content (AvgIpc) is 2.92. The number of aromatic hydroxyl groups is 1. The third-order valence-electron chi connectivity index (χ3n) is 3.51. The van der Waals surface area contributed by atoms with Crippen molar-refractivity contribution in [1.29, 1.82) is 0 Å². The van der Waals surface area contributed by atoms with E-state index in [-0.39, 0.29) is 17.9 Å². The Bertz CT molecular complexity index is 595. The molecule has 0 saturated heterocycles. The van der Waals surface area contributed by atoms with Gasteiger partial charge in [-0.2, -0.15) is 0 Å². The molecule has 0 aliphatic carbocycles. The highest BCUT2D eigenvalue weighted by Gasteiger charge is 2.42. The summed E-state index contributed by atoms with van der Waals surface area (Å²) in [6.45, 7) is 2.29. The molecule has 2 atom stereocenters. The van der Waals surface area contributed by atoms with Gasteiger partial charge >= 0.3 is 11.9 Å². The van der Waals surface area contributed by atoms with Gasteiger partial charge in [0.1, 0.15) is 17.4 Å². The van der Waals surface area contributed by atoms with Gasteiger partial charge in [0.25, 0.3) is 0 Å². The fourth-order valence-corrected chi connectivity index (χ4v) is 2.27. The third kappa shape index (κ3) is 4.21. The van der Waals surface area contributed by atoms with Crippen LogP contribution >= 0.6 is 0 Å². The van der Waals surface area contributed by atoms with Crippen LogP contribution < -0.4 is 0 Å². The number of carbonyl (C=O) groups is 2. The van der Waals surface area contributed by atoms with E-state index in [0.29, 0.717) is 12.2 Å². The molecular weight excluding hydrogens is 302 g/mol. The van der Waals surface area contributed by atoms with Crippen molar-refractivity contribution in [2.75, 3.05) is 6.61 Å². The van der Waals surface area contributed by atoms with E-state index in [2.05, 4.69) is 5.16 Å². The molecular formula is C16H19NO6. The van der Waals surface area contributed by atoms with Gasteiger partial charge in [-0.3, -0.25) is 9.59 Å². The Balaban J connectivity index is 2.05. The lowest BCUT2D eigenvalue weighted by Crippen LogP contribution is -2.33. The number of phenols is 1. The number of ether oxygens (including phenoxy) is 1. The molecule has 0 spiro atoms. The molecule has 2 rings (SSSR count). The summed E-state index contributed by atoms with van der Waals surface area (Å²) in [5.74, 6) is -2.62. The molecule has 0 saturated carbocycles. The molecule has 1 aromatic carbocycles. The fraction of sp³-hybridized carbons (Fsp3) is 0.438. The van der Waals surface area contributed by atoms with Crippen LogP contribution in [0.4, 0.5) is 0 Å². The first-order chi connectivity index (χ1) is 11.0. The molecule has 1 aliphatic rings. The molecule has 7 nitrogen and oxygen atoms in total. The first-order valence-corrected chi connectivity index (χ1v) is 7.44. The lowest BCUT2D eigenvalue weighted by Gasteiger charge is -2.14. The molecule has 124 valence electrons. The summed E-state index contributed by atoms with van der Waals surface area (Å²) >= 11 is 0. The predicted molar refractivity (Wildman–Crippen MR) is 81.1 cm³/mol. The minimum absolute atomic E-state index is 0.0659. The number of carboxylic acid groups (broad SMARTS) is 1. The van der Waals surface area contributed by atoms with Crippen molar-refractivity contribution >= 4 is 17.7 Å². The fourth-order valence-electron chi connectivity index (χ4n) is 2.27. The van der Waals surface area contributed by atoms with Crippen molar-refractivity contribution in [2.45, 2.75) is 32.3 Å². The Morgan fingerprint density at radius 2 is 2.00 bits per heavy atom. The molecule has 0 radical (unpaired) electrons. The molecule has 0 amide bonds. The monoisotopic (exact) mass is 321 g/mol. The number of carboxylic acids is 1. The number of nitrogens with zero attached hydrogens (tertiary/aromatic N) is 1. The summed E-state index contributed by atoms with van der Waals surface area (Å²) in [7, 11) is 0. The summed E-state index contributed by atoms with van der Waals surface area (Å²) in [6.07, 6.45) is 0.588. The van der Waals surface area contributed by atoms with Crippen molar-refractivity contribution in [2.24, 2.45) is 11.1 Å². The topological polar surface area (TPSA) is 105 Å². The number of carbonyl (C=O) groups excluding carboxylic acids is 1. The van der Waals surface area contributed by atoms with Crippen molar-refractivity contribution in [3.63, 3.8) is 0 Å². The van der Waals surface area contributed by atoms with Gasteiger partial charge in [0.15, 0.2) is 6.10 Å². The molecule has 2 N–H and O–H groups in total. The van der Waals surface area contributed by atoms with E-state index in [4.69, 9.17) is 9.57 Å². The standard InChI is InChI=1S/C16H19NO6/c1-2-3-8-22-13(19)9-12-14(16(20)21)15(17-23-12)10-4-6-11(18)7-5-10/h4-7,12,14,18H,2-3,8-9H2,1H3,(H,20,21).